The van der Waals surface area contributed by atoms with Crippen LogP contribution in [0.3, 0.4) is 0 Å². The van der Waals surface area contributed by atoms with E-state index in [0.717, 1.165) is 11.3 Å². The van der Waals surface area contributed by atoms with Gasteiger partial charge in [0, 0.05) is 12.6 Å². The first kappa shape index (κ1) is 18.6. The number of hydrogen-bond donors (Lipinski definition) is 1. The Balaban J connectivity index is 1.84. The van der Waals surface area contributed by atoms with E-state index in [1.807, 2.05) is 50.2 Å². The van der Waals surface area contributed by atoms with Crippen LogP contribution in [0.2, 0.25) is 0 Å². The molecule has 2 rings (SSSR count). The Morgan fingerprint density at radius 1 is 0.960 bits per heavy atom. The fraction of sp³-hybridized carbons (Fsp3) is 0.350. The summed E-state index contributed by atoms with van der Waals surface area (Å²) in [7, 11) is 1.59. The van der Waals surface area contributed by atoms with Crippen LogP contribution in [0.1, 0.15) is 26.3 Å². The minimum atomic E-state index is -0.601. The molecule has 1 N–H and O–H groups in total. The van der Waals surface area contributed by atoms with Crippen molar-refractivity contribution in [3.05, 3.63) is 54.1 Å². The highest BCUT2D eigenvalue weighted by Gasteiger charge is 2.14. The third-order valence-electron chi connectivity index (χ3n) is 3.49. The zero-order valence-corrected chi connectivity index (χ0v) is 15.1. The molecular weight excluding hydrogens is 318 g/mol. The third kappa shape index (κ3) is 6.03. The molecule has 1 atom stereocenters. The monoisotopic (exact) mass is 343 g/mol. The molecule has 0 saturated heterocycles. The van der Waals surface area contributed by atoms with E-state index in [-0.39, 0.29) is 12.0 Å². The van der Waals surface area contributed by atoms with Crippen molar-refractivity contribution in [2.75, 3.05) is 7.11 Å². The Kier molecular flexibility index (Phi) is 6.69. The Bertz CT molecular complexity index is 682. The van der Waals surface area contributed by atoms with Crippen LogP contribution >= 0.6 is 0 Å². The van der Waals surface area contributed by atoms with Gasteiger partial charge in [0.2, 0.25) is 0 Å². The topological polar surface area (TPSA) is 56.8 Å². The van der Waals surface area contributed by atoms with Crippen molar-refractivity contribution >= 4 is 5.91 Å². The zero-order valence-electron chi connectivity index (χ0n) is 15.1. The molecule has 0 aliphatic heterocycles. The summed E-state index contributed by atoms with van der Waals surface area (Å²) in [6, 6.07) is 14.9. The molecule has 2 aromatic carbocycles. The molecule has 0 aliphatic carbocycles. The van der Waals surface area contributed by atoms with E-state index >= 15 is 0 Å². The molecule has 0 aromatic heterocycles. The van der Waals surface area contributed by atoms with Gasteiger partial charge >= 0.3 is 0 Å². The van der Waals surface area contributed by atoms with E-state index in [9.17, 15) is 4.79 Å². The van der Waals surface area contributed by atoms with Gasteiger partial charge in [-0.15, -0.1) is 0 Å². The second kappa shape index (κ2) is 8.97. The molecular formula is C20H25NO4. The van der Waals surface area contributed by atoms with Gasteiger partial charge in [-0.2, -0.15) is 0 Å². The van der Waals surface area contributed by atoms with Crippen molar-refractivity contribution in [2.45, 2.75) is 39.5 Å². The second-order valence-corrected chi connectivity index (χ2v) is 5.97. The number of hydrogen-bond acceptors (Lipinski definition) is 4. The average Bonchev–Trinajstić information content (AvgIpc) is 2.60. The maximum atomic E-state index is 12.2. The van der Waals surface area contributed by atoms with Crippen LogP contribution in [0.25, 0.3) is 0 Å². The number of rotatable bonds is 8. The van der Waals surface area contributed by atoms with Crippen molar-refractivity contribution in [3.8, 4) is 17.2 Å². The van der Waals surface area contributed by atoms with Gasteiger partial charge in [0.25, 0.3) is 5.91 Å². The number of amides is 1. The molecule has 5 nitrogen and oxygen atoms in total. The molecule has 0 heterocycles. The Morgan fingerprint density at radius 2 is 1.64 bits per heavy atom. The van der Waals surface area contributed by atoms with Crippen molar-refractivity contribution in [1.82, 2.24) is 5.32 Å². The van der Waals surface area contributed by atoms with Gasteiger partial charge in [0.15, 0.2) is 6.10 Å². The predicted octanol–water partition coefficient (Wildman–Crippen LogP) is 3.57. The van der Waals surface area contributed by atoms with E-state index in [0.29, 0.717) is 18.0 Å². The molecule has 2 aromatic rings. The summed E-state index contributed by atoms with van der Waals surface area (Å²) < 4.78 is 16.4. The van der Waals surface area contributed by atoms with Crippen molar-refractivity contribution in [2.24, 2.45) is 0 Å². The lowest BCUT2D eigenvalue weighted by molar-refractivity contribution is -0.127. The van der Waals surface area contributed by atoms with Crippen molar-refractivity contribution in [3.63, 3.8) is 0 Å². The van der Waals surface area contributed by atoms with Gasteiger partial charge in [-0.1, -0.05) is 18.2 Å². The first-order valence-electron chi connectivity index (χ1n) is 8.32. The van der Waals surface area contributed by atoms with E-state index in [1.54, 1.807) is 26.2 Å². The molecule has 0 fully saturated rings. The van der Waals surface area contributed by atoms with Crippen molar-refractivity contribution < 1.29 is 19.0 Å². The zero-order chi connectivity index (χ0) is 18.2. The Morgan fingerprint density at radius 3 is 2.28 bits per heavy atom. The first-order chi connectivity index (χ1) is 12.0. The summed E-state index contributed by atoms with van der Waals surface area (Å²) in [6.07, 6.45) is -0.462. The average molecular weight is 343 g/mol. The highest BCUT2D eigenvalue weighted by molar-refractivity contribution is 5.80. The van der Waals surface area contributed by atoms with Gasteiger partial charge in [0.05, 0.1) is 13.2 Å². The molecule has 0 radical (unpaired) electrons. The third-order valence-corrected chi connectivity index (χ3v) is 3.49. The number of methoxy groups -OCH3 is 1. The Labute approximate surface area is 148 Å². The summed E-state index contributed by atoms with van der Waals surface area (Å²) in [6.45, 7) is 6.12. The summed E-state index contributed by atoms with van der Waals surface area (Å²) in [5.74, 6) is 1.93. The van der Waals surface area contributed by atoms with Crippen LogP contribution in [-0.2, 0) is 11.3 Å². The van der Waals surface area contributed by atoms with E-state index in [1.165, 1.54) is 0 Å². The quantitative estimate of drug-likeness (QED) is 0.796. The highest BCUT2D eigenvalue weighted by Crippen LogP contribution is 2.20. The molecule has 0 unspecified atom stereocenters. The smallest absolute Gasteiger partial charge is 0.261 e. The van der Waals surface area contributed by atoms with Crippen LogP contribution in [0.4, 0.5) is 0 Å². The minimum absolute atomic E-state index is 0.139. The summed E-state index contributed by atoms with van der Waals surface area (Å²) in [4.78, 5) is 12.2. The highest BCUT2D eigenvalue weighted by atomic mass is 16.5. The maximum absolute atomic E-state index is 12.2. The Hall–Kier alpha value is -2.69. The fourth-order valence-electron chi connectivity index (χ4n) is 2.22. The van der Waals surface area contributed by atoms with Crippen LogP contribution in [0, 0.1) is 0 Å². The molecule has 25 heavy (non-hydrogen) atoms. The van der Waals surface area contributed by atoms with Gasteiger partial charge < -0.3 is 19.5 Å². The molecule has 0 saturated carbocycles. The van der Waals surface area contributed by atoms with Gasteiger partial charge in [-0.25, -0.2) is 0 Å². The lowest BCUT2D eigenvalue weighted by Crippen LogP contribution is -2.35. The standard InChI is InChI=1S/C20H25NO4/c1-14(2)24-17-10-8-16(9-11-17)13-21-20(22)15(3)25-19-7-5-6-18(12-19)23-4/h5-12,14-15H,13H2,1-4H3,(H,21,22)/t15-/m1/s1. The lowest BCUT2D eigenvalue weighted by atomic mass is 10.2. The van der Waals surface area contributed by atoms with Gasteiger partial charge in [-0.3, -0.25) is 4.79 Å². The van der Waals surface area contributed by atoms with E-state index in [2.05, 4.69) is 5.32 Å². The lowest BCUT2D eigenvalue weighted by Gasteiger charge is -2.15. The fourth-order valence-corrected chi connectivity index (χ4v) is 2.22. The van der Waals surface area contributed by atoms with Crippen molar-refractivity contribution in [1.29, 1.82) is 0 Å². The largest absolute Gasteiger partial charge is 0.497 e. The summed E-state index contributed by atoms with van der Waals surface area (Å²) >= 11 is 0. The maximum Gasteiger partial charge on any atom is 0.261 e. The SMILES string of the molecule is COc1cccc(O[C@H](C)C(=O)NCc2ccc(OC(C)C)cc2)c1. The summed E-state index contributed by atoms with van der Waals surface area (Å²) in [5.41, 5.74) is 0.998. The molecule has 134 valence electrons. The van der Waals surface area contributed by atoms with Gasteiger partial charge in [0.1, 0.15) is 17.2 Å². The molecule has 0 bridgehead atoms. The molecule has 0 spiro atoms. The summed E-state index contributed by atoms with van der Waals surface area (Å²) in [5, 5.41) is 2.87. The van der Waals surface area contributed by atoms with E-state index < -0.39 is 6.10 Å². The van der Waals surface area contributed by atoms with Crippen LogP contribution in [-0.4, -0.2) is 25.2 Å². The van der Waals surface area contributed by atoms with E-state index in [4.69, 9.17) is 14.2 Å². The number of nitrogens with one attached hydrogen (secondary N) is 1. The molecule has 0 aliphatic rings. The molecule has 1 amide bonds. The first-order valence-corrected chi connectivity index (χ1v) is 8.32. The van der Waals surface area contributed by atoms with Crippen LogP contribution in [0.15, 0.2) is 48.5 Å². The number of carbonyl (C=O) groups excluding carboxylic acids is 1. The molecule has 5 heteroatoms. The number of ether oxygens (including phenoxy) is 3. The normalized spacial score (nSPS) is 11.7. The second-order valence-electron chi connectivity index (χ2n) is 5.97. The number of benzene rings is 2. The van der Waals surface area contributed by atoms with Crippen LogP contribution in [0.5, 0.6) is 17.2 Å². The minimum Gasteiger partial charge on any atom is -0.497 e. The van der Waals surface area contributed by atoms with Gasteiger partial charge in [-0.05, 0) is 50.6 Å². The predicted molar refractivity (Wildman–Crippen MR) is 97.1 cm³/mol. The number of carbonyl (C=O) groups is 1. The van der Waals surface area contributed by atoms with Crippen LogP contribution < -0.4 is 19.5 Å².